The van der Waals surface area contributed by atoms with Crippen LogP contribution in [0, 0.1) is 11.8 Å². The SMILES string of the molecule is NC1CCCC(C(=O)C2CCOC3(CCOC3)C2)C1. The monoisotopic (exact) mass is 267 g/mol. The van der Waals surface area contributed by atoms with E-state index in [4.69, 9.17) is 15.2 Å². The van der Waals surface area contributed by atoms with Gasteiger partial charge >= 0.3 is 0 Å². The first-order valence-corrected chi connectivity index (χ1v) is 7.70. The van der Waals surface area contributed by atoms with E-state index in [1.807, 2.05) is 0 Å². The van der Waals surface area contributed by atoms with E-state index in [0.29, 0.717) is 19.0 Å². The van der Waals surface area contributed by atoms with Crippen molar-refractivity contribution in [3.05, 3.63) is 0 Å². The third kappa shape index (κ3) is 2.86. The summed E-state index contributed by atoms with van der Waals surface area (Å²) in [6, 6.07) is 0.228. The fourth-order valence-electron chi connectivity index (χ4n) is 3.95. The molecule has 4 atom stereocenters. The number of ether oxygens (including phenoxy) is 2. The van der Waals surface area contributed by atoms with Crippen molar-refractivity contribution in [3.63, 3.8) is 0 Å². The van der Waals surface area contributed by atoms with Gasteiger partial charge in [-0.2, -0.15) is 0 Å². The molecule has 4 nitrogen and oxygen atoms in total. The highest BCUT2D eigenvalue weighted by molar-refractivity contribution is 5.83. The summed E-state index contributed by atoms with van der Waals surface area (Å²) in [5.74, 6) is 0.821. The van der Waals surface area contributed by atoms with E-state index < -0.39 is 0 Å². The summed E-state index contributed by atoms with van der Waals surface area (Å²) < 4.78 is 11.4. The normalized spacial score (nSPS) is 43.5. The van der Waals surface area contributed by atoms with E-state index in [9.17, 15) is 4.79 Å². The van der Waals surface area contributed by atoms with Crippen LogP contribution in [0.3, 0.4) is 0 Å². The van der Waals surface area contributed by atoms with E-state index in [1.165, 1.54) is 0 Å². The number of nitrogens with two attached hydrogens (primary N) is 1. The van der Waals surface area contributed by atoms with Gasteiger partial charge in [-0.15, -0.1) is 0 Å². The topological polar surface area (TPSA) is 61.6 Å². The number of hydrogen-bond donors (Lipinski definition) is 1. The lowest BCUT2D eigenvalue weighted by atomic mass is 9.74. The molecule has 4 heteroatoms. The number of ketones is 1. The molecule has 19 heavy (non-hydrogen) atoms. The van der Waals surface area contributed by atoms with E-state index in [-0.39, 0.29) is 23.5 Å². The molecule has 108 valence electrons. The minimum Gasteiger partial charge on any atom is -0.378 e. The maximum absolute atomic E-state index is 12.7. The Morgan fingerprint density at radius 2 is 2.05 bits per heavy atom. The van der Waals surface area contributed by atoms with E-state index >= 15 is 0 Å². The lowest BCUT2D eigenvalue weighted by Crippen LogP contribution is -2.44. The Balaban J connectivity index is 1.62. The summed E-state index contributed by atoms with van der Waals surface area (Å²) in [5, 5.41) is 0. The fourth-order valence-corrected chi connectivity index (χ4v) is 3.95. The van der Waals surface area contributed by atoms with Crippen LogP contribution in [0.25, 0.3) is 0 Å². The van der Waals surface area contributed by atoms with Crippen LogP contribution in [0.2, 0.25) is 0 Å². The zero-order valence-electron chi connectivity index (χ0n) is 11.6. The van der Waals surface area contributed by atoms with Gasteiger partial charge in [-0.3, -0.25) is 4.79 Å². The average molecular weight is 267 g/mol. The van der Waals surface area contributed by atoms with Crippen LogP contribution in [-0.4, -0.2) is 37.2 Å². The van der Waals surface area contributed by atoms with Crippen molar-refractivity contribution in [2.24, 2.45) is 17.6 Å². The summed E-state index contributed by atoms with van der Waals surface area (Å²) in [5.41, 5.74) is 5.85. The summed E-state index contributed by atoms with van der Waals surface area (Å²) >= 11 is 0. The van der Waals surface area contributed by atoms with Crippen molar-refractivity contribution in [1.29, 1.82) is 0 Å². The average Bonchev–Trinajstić information content (AvgIpc) is 2.86. The molecule has 0 amide bonds. The highest BCUT2D eigenvalue weighted by Gasteiger charge is 2.44. The highest BCUT2D eigenvalue weighted by atomic mass is 16.6. The Hall–Kier alpha value is -0.450. The van der Waals surface area contributed by atoms with Crippen LogP contribution in [0.4, 0.5) is 0 Å². The summed E-state index contributed by atoms with van der Waals surface area (Å²) in [7, 11) is 0. The van der Waals surface area contributed by atoms with Gasteiger partial charge in [-0.05, 0) is 32.1 Å². The van der Waals surface area contributed by atoms with Crippen LogP contribution in [0.15, 0.2) is 0 Å². The van der Waals surface area contributed by atoms with Gasteiger partial charge in [0.05, 0.1) is 12.2 Å². The zero-order valence-corrected chi connectivity index (χ0v) is 11.6. The molecule has 4 unspecified atom stereocenters. The van der Waals surface area contributed by atoms with Gasteiger partial charge in [0.1, 0.15) is 5.78 Å². The largest absolute Gasteiger partial charge is 0.378 e. The van der Waals surface area contributed by atoms with Crippen LogP contribution in [-0.2, 0) is 14.3 Å². The minimum atomic E-state index is -0.157. The Bertz CT molecular complexity index is 338. The van der Waals surface area contributed by atoms with Crippen molar-refractivity contribution in [3.8, 4) is 0 Å². The molecular weight excluding hydrogens is 242 g/mol. The van der Waals surface area contributed by atoms with Gasteiger partial charge in [0.15, 0.2) is 0 Å². The standard InChI is InChI=1S/C15H25NO3/c16-13-3-1-2-11(8-13)14(17)12-4-6-19-15(9-12)5-7-18-10-15/h11-13H,1-10,16H2. The number of Topliss-reactive ketones (excluding diaryl/α,β-unsaturated/α-hetero) is 1. The van der Waals surface area contributed by atoms with Gasteiger partial charge < -0.3 is 15.2 Å². The quantitative estimate of drug-likeness (QED) is 0.826. The molecule has 1 saturated carbocycles. The maximum Gasteiger partial charge on any atom is 0.139 e. The molecule has 0 aromatic rings. The lowest BCUT2D eigenvalue weighted by molar-refractivity contribution is -0.141. The first kappa shape index (κ1) is 13.5. The van der Waals surface area contributed by atoms with Gasteiger partial charge in [-0.1, -0.05) is 6.42 Å². The fraction of sp³-hybridized carbons (Fsp3) is 0.933. The molecule has 0 radical (unpaired) electrons. The predicted octanol–water partition coefficient (Wildman–Crippen LogP) is 1.66. The Morgan fingerprint density at radius 1 is 1.16 bits per heavy atom. The molecule has 3 aliphatic rings. The molecule has 3 fully saturated rings. The molecule has 2 aliphatic heterocycles. The summed E-state index contributed by atoms with van der Waals surface area (Å²) in [6.07, 6.45) is 6.79. The minimum absolute atomic E-state index is 0.157. The first-order valence-electron chi connectivity index (χ1n) is 7.70. The third-order valence-corrected chi connectivity index (χ3v) is 5.08. The van der Waals surface area contributed by atoms with Crippen molar-refractivity contribution in [2.75, 3.05) is 19.8 Å². The molecule has 2 N–H and O–H groups in total. The van der Waals surface area contributed by atoms with Gasteiger partial charge in [-0.25, -0.2) is 0 Å². The van der Waals surface area contributed by atoms with Crippen LogP contribution >= 0.6 is 0 Å². The third-order valence-electron chi connectivity index (χ3n) is 5.08. The first-order chi connectivity index (χ1) is 9.19. The van der Waals surface area contributed by atoms with Crippen molar-refractivity contribution in [2.45, 2.75) is 56.6 Å². The Morgan fingerprint density at radius 3 is 2.79 bits per heavy atom. The van der Waals surface area contributed by atoms with Crippen molar-refractivity contribution >= 4 is 5.78 Å². The molecule has 1 spiro atoms. The summed E-state index contributed by atoms with van der Waals surface area (Å²) in [4.78, 5) is 12.7. The molecular formula is C15H25NO3. The molecule has 1 aliphatic carbocycles. The smallest absolute Gasteiger partial charge is 0.139 e. The Kier molecular flexibility index (Phi) is 3.92. The van der Waals surface area contributed by atoms with Crippen molar-refractivity contribution in [1.82, 2.24) is 0 Å². The van der Waals surface area contributed by atoms with E-state index in [0.717, 1.165) is 51.6 Å². The number of hydrogen-bond acceptors (Lipinski definition) is 4. The number of rotatable bonds is 2. The van der Waals surface area contributed by atoms with Gasteiger partial charge in [0, 0.05) is 37.5 Å². The Labute approximate surface area is 115 Å². The second-order valence-electron chi connectivity index (χ2n) is 6.55. The molecule has 3 rings (SSSR count). The van der Waals surface area contributed by atoms with Crippen LogP contribution < -0.4 is 5.73 Å². The molecule has 0 aromatic carbocycles. The molecule has 2 saturated heterocycles. The molecule has 2 heterocycles. The van der Waals surface area contributed by atoms with E-state index in [2.05, 4.69) is 0 Å². The lowest BCUT2D eigenvalue weighted by Gasteiger charge is -2.38. The molecule has 0 aromatic heterocycles. The van der Waals surface area contributed by atoms with Gasteiger partial charge in [0.25, 0.3) is 0 Å². The second-order valence-corrected chi connectivity index (χ2v) is 6.55. The van der Waals surface area contributed by atoms with Crippen molar-refractivity contribution < 1.29 is 14.3 Å². The van der Waals surface area contributed by atoms with E-state index in [1.54, 1.807) is 0 Å². The predicted molar refractivity (Wildman–Crippen MR) is 71.8 cm³/mol. The van der Waals surface area contributed by atoms with Crippen LogP contribution in [0.1, 0.15) is 44.9 Å². The number of carbonyl (C=O) groups excluding carboxylic acids is 1. The zero-order chi connectivity index (χ0) is 13.3. The highest BCUT2D eigenvalue weighted by Crippen LogP contribution is 2.38. The summed E-state index contributed by atoms with van der Waals surface area (Å²) in [6.45, 7) is 2.15. The van der Waals surface area contributed by atoms with Crippen LogP contribution in [0.5, 0.6) is 0 Å². The second kappa shape index (κ2) is 5.51. The van der Waals surface area contributed by atoms with Gasteiger partial charge in [0.2, 0.25) is 0 Å². The molecule has 0 bridgehead atoms. The maximum atomic E-state index is 12.7. The number of carbonyl (C=O) groups is 1.